The minimum Gasteiger partial charge on any atom is -0.467 e. The quantitative estimate of drug-likeness (QED) is 0.850. The van der Waals surface area contributed by atoms with E-state index in [1.165, 1.54) is 7.11 Å². The molecule has 0 aliphatic heterocycles. The fourth-order valence-electron chi connectivity index (χ4n) is 3.52. The Morgan fingerprint density at radius 1 is 1.00 bits per heavy atom. The van der Waals surface area contributed by atoms with E-state index < -0.39 is 17.9 Å². The summed E-state index contributed by atoms with van der Waals surface area (Å²) < 4.78 is 4.86. The minimum absolute atomic E-state index is 0.159. The molecule has 3 rings (SSSR count). The van der Waals surface area contributed by atoms with Gasteiger partial charge in [-0.3, -0.25) is 4.79 Å². The van der Waals surface area contributed by atoms with Crippen LogP contribution in [-0.4, -0.2) is 25.0 Å². The van der Waals surface area contributed by atoms with Gasteiger partial charge >= 0.3 is 5.97 Å². The molecule has 0 unspecified atom stereocenters. The lowest BCUT2D eigenvalue weighted by molar-refractivity contribution is -0.145. The topological polar surface area (TPSA) is 55.4 Å². The fourth-order valence-corrected chi connectivity index (χ4v) is 3.52. The lowest BCUT2D eigenvalue weighted by Crippen LogP contribution is -2.44. The van der Waals surface area contributed by atoms with Gasteiger partial charge in [0.1, 0.15) is 6.04 Å². The average Bonchev–Trinajstić information content (AvgIpc) is 2.94. The molecule has 2 aromatic carbocycles. The van der Waals surface area contributed by atoms with Gasteiger partial charge in [0.05, 0.1) is 13.0 Å². The smallest absolute Gasteiger partial charge is 0.328 e. The van der Waals surface area contributed by atoms with E-state index in [1.807, 2.05) is 62.4 Å². The van der Waals surface area contributed by atoms with Crippen LogP contribution < -0.4 is 5.32 Å². The van der Waals surface area contributed by atoms with Crippen LogP contribution in [-0.2, 0) is 14.3 Å². The summed E-state index contributed by atoms with van der Waals surface area (Å²) in [5.74, 6) is -0.686. The maximum atomic E-state index is 13.1. The second-order valence-corrected chi connectivity index (χ2v) is 6.82. The number of amides is 1. The molecule has 1 amide bonds. The predicted molar refractivity (Wildman–Crippen MR) is 97.1 cm³/mol. The Bertz CT molecular complexity index is 752. The molecule has 4 heteroatoms. The molecule has 130 valence electrons. The molecule has 25 heavy (non-hydrogen) atoms. The highest BCUT2D eigenvalue weighted by Crippen LogP contribution is 2.44. The van der Waals surface area contributed by atoms with Crippen molar-refractivity contribution in [3.8, 4) is 11.1 Å². The molecule has 0 aromatic heterocycles. The number of rotatable bonds is 5. The fraction of sp³-hybridized carbons (Fsp3) is 0.333. The van der Waals surface area contributed by atoms with E-state index in [0.29, 0.717) is 6.42 Å². The zero-order valence-corrected chi connectivity index (χ0v) is 14.8. The summed E-state index contributed by atoms with van der Waals surface area (Å²) in [6.07, 6.45) is 0.550. The minimum atomic E-state index is -0.627. The lowest BCUT2D eigenvalue weighted by atomic mass is 9.95. The molecular formula is C21H23NO3. The van der Waals surface area contributed by atoms with Crippen LogP contribution in [0.5, 0.6) is 0 Å². The monoisotopic (exact) mass is 337 g/mol. The van der Waals surface area contributed by atoms with Gasteiger partial charge < -0.3 is 10.1 Å². The van der Waals surface area contributed by atoms with Crippen molar-refractivity contribution in [1.29, 1.82) is 0 Å². The third-order valence-corrected chi connectivity index (χ3v) is 4.61. The van der Waals surface area contributed by atoms with Crippen LogP contribution in [0.15, 0.2) is 48.5 Å². The Labute approximate surface area is 148 Å². The first-order chi connectivity index (χ1) is 12.0. The average molecular weight is 337 g/mol. The number of ether oxygens (including phenoxy) is 1. The van der Waals surface area contributed by atoms with E-state index in [4.69, 9.17) is 4.74 Å². The Balaban J connectivity index is 1.93. The van der Waals surface area contributed by atoms with Crippen LogP contribution in [0.1, 0.15) is 37.3 Å². The molecule has 0 bridgehead atoms. The molecule has 1 N–H and O–H groups in total. The number of benzene rings is 2. The van der Waals surface area contributed by atoms with Crippen molar-refractivity contribution in [1.82, 2.24) is 5.32 Å². The molecule has 0 saturated carbocycles. The third-order valence-electron chi connectivity index (χ3n) is 4.61. The summed E-state index contributed by atoms with van der Waals surface area (Å²) in [5, 5.41) is 2.91. The summed E-state index contributed by atoms with van der Waals surface area (Å²) >= 11 is 0. The van der Waals surface area contributed by atoms with Gasteiger partial charge in [-0.1, -0.05) is 62.4 Å². The molecule has 0 spiro atoms. The van der Waals surface area contributed by atoms with E-state index in [2.05, 4.69) is 5.32 Å². The van der Waals surface area contributed by atoms with E-state index in [0.717, 1.165) is 22.3 Å². The molecule has 2 aromatic rings. The van der Waals surface area contributed by atoms with Gasteiger partial charge in [-0.15, -0.1) is 0 Å². The molecule has 0 saturated heterocycles. The van der Waals surface area contributed by atoms with Gasteiger partial charge in [-0.2, -0.15) is 0 Å². The first-order valence-corrected chi connectivity index (χ1v) is 8.59. The second-order valence-electron chi connectivity index (χ2n) is 6.82. The highest BCUT2D eigenvalue weighted by atomic mass is 16.5. The van der Waals surface area contributed by atoms with Crippen LogP contribution in [0, 0.1) is 5.92 Å². The SMILES string of the molecule is COC(=O)[C@@H](CC(C)C)NC(=O)C1c2ccccc2-c2ccccc21. The van der Waals surface area contributed by atoms with Crippen LogP contribution in [0.25, 0.3) is 11.1 Å². The second kappa shape index (κ2) is 7.09. The summed E-state index contributed by atoms with van der Waals surface area (Å²) in [6, 6.07) is 15.2. The Kier molecular flexibility index (Phi) is 4.88. The first kappa shape index (κ1) is 17.2. The number of hydrogen-bond acceptors (Lipinski definition) is 3. The van der Waals surface area contributed by atoms with E-state index in [9.17, 15) is 9.59 Å². The van der Waals surface area contributed by atoms with Crippen molar-refractivity contribution < 1.29 is 14.3 Å². The van der Waals surface area contributed by atoms with Crippen molar-refractivity contribution in [2.24, 2.45) is 5.92 Å². The molecule has 1 aliphatic carbocycles. The van der Waals surface area contributed by atoms with Crippen molar-refractivity contribution >= 4 is 11.9 Å². The Morgan fingerprint density at radius 2 is 1.52 bits per heavy atom. The van der Waals surface area contributed by atoms with Crippen molar-refractivity contribution in [2.45, 2.75) is 32.2 Å². The largest absolute Gasteiger partial charge is 0.467 e. The Hall–Kier alpha value is -2.62. The van der Waals surface area contributed by atoms with Gasteiger partial charge in [0.25, 0.3) is 0 Å². The first-order valence-electron chi connectivity index (χ1n) is 8.59. The third kappa shape index (κ3) is 3.29. The van der Waals surface area contributed by atoms with Crippen LogP contribution in [0.2, 0.25) is 0 Å². The molecular weight excluding hydrogens is 314 g/mol. The maximum Gasteiger partial charge on any atom is 0.328 e. The van der Waals surface area contributed by atoms with E-state index in [1.54, 1.807) is 0 Å². The number of carbonyl (C=O) groups excluding carboxylic acids is 2. The molecule has 0 radical (unpaired) electrons. The van der Waals surface area contributed by atoms with Crippen molar-refractivity contribution in [3.63, 3.8) is 0 Å². The normalized spacial score (nSPS) is 13.9. The van der Waals surface area contributed by atoms with E-state index >= 15 is 0 Å². The molecule has 1 atom stereocenters. The highest BCUT2D eigenvalue weighted by molar-refractivity contribution is 5.97. The Morgan fingerprint density at radius 3 is 2.00 bits per heavy atom. The zero-order chi connectivity index (χ0) is 18.0. The molecule has 0 heterocycles. The molecule has 0 fully saturated rings. The molecule has 1 aliphatic rings. The van der Waals surface area contributed by atoms with Gasteiger partial charge in [-0.05, 0) is 34.6 Å². The maximum absolute atomic E-state index is 13.1. The van der Waals surface area contributed by atoms with Crippen LogP contribution in [0.3, 0.4) is 0 Å². The lowest BCUT2D eigenvalue weighted by Gasteiger charge is -2.21. The number of fused-ring (bicyclic) bond motifs is 3. The summed E-state index contributed by atoms with van der Waals surface area (Å²) in [6.45, 7) is 4.03. The summed E-state index contributed by atoms with van der Waals surface area (Å²) in [5.41, 5.74) is 4.12. The number of carbonyl (C=O) groups is 2. The number of methoxy groups -OCH3 is 1. The summed E-state index contributed by atoms with van der Waals surface area (Å²) in [4.78, 5) is 25.1. The van der Waals surface area contributed by atoms with Gasteiger partial charge in [0, 0.05) is 0 Å². The summed E-state index contributed by atoms with van der Waals surface area (Å²) in [7, 11) is 1.35. The van der Waals surface area contributed by atoms with E-state index in [-0.39, 0.29) is 11.8 Å². The number of nitrogens with one attached hydrogen (secondary N) is 1. The van der Waals surface area contributed by atoms with Crippen molar-refractivity contribution in [3.05, 3.63) is 59.7 Å². The highest BCUT2D eigenvalue weighted by Gasteiger charge is 2.35. The van der Waals surface area contributed by atoms with Gasteiger partial charge in [-0.25, -0.2) is 4.79 Å². The standard InChI is InChI=1S/C21H23NO3/c1-13(2)12-18(21(24)25-3)22-20(23)19-16-10-6-4-8-14(16)15-9-5-7-11-17(15)19/h4-11,13,18-19H,12H2,1-3H3,(H,22,23)/t18-/m1/s1. The molecule has 4 nitrogen and oxygen atoms in total. The predicted octanol–water partition coefficient (Wildman–Crippen LogP) is 3.50. The zero-order valence-electron chi connectivity index (χ0n) is 14.8. The number of esters is 1. The van der Waals surface area contributed by atoms with Gasteiger partial charge in [0.2, 0.25) is 5.91 Å². The van der Waals surface area contributed by atoms with Crippen LogP contribution >= 0.6 is 0 Å². The number of hydrogen-bond donors (Lipinski definition) is 1. The van der Waals surface area contributed by atoms with Crippen molar-refractivity contribution in [2.75, 3.05) is 7.11 Å². The van der Waals surface area contributed by atoms with Gasteiger partial charge in [0.15, 0.2) is 0 Å². The van der Waals surface area contributed by atoms with Crippen LogP contribution in [0.4, 0.5) is 0 Å².